The van der Waals surface area contributed by atoms with Gasteiger partial charge in [0.25, 0.3) is 11.8 Å². The Morgan fingerprint density at radius 1 is 1.00 bits per heavy atom. The Labute approximate surface area is 171 Å². The lowest BCUT2D eigenvalue weighted by molar-refractivity contribution is 0.101. The Morgan fingerprint density at radius 3 is 2.59 bits per heavy atom. The van der Waals surface area contributed by atoms with Crippen LogP contribution in [-0.2, 0) is 7.05 Å². The molecular formula is C21H19N5O2S. The second-order valence-corrected chi connectivity index (χ2v) is 7.65. The molecule has 2 aromatic heterocycles. The number of carbonyl (C=O) groups excluding carboxylic acids is 2. The van der Waals surface area contributed by atoms with E-state index < -0.39 is 0 Å². The fourth-order valence-corrected chi connectivity index (χ4v) is 3.55. The number of anilines is 2. The lowest BCUT2D eigenvalue weighted by atomic mass is 10.1. The summed E-state index contributed by atoms with van der Waals surface area (Å²) in [5.41, 5.74) is 6.37. The minimum Gasteiger partial charge on any atom is -0.322 e. The number of aromatic nitrogens is 3. The van der Waals surface area contributed by atoms with Gasteiger partial charge in [-0.1, -0.05) is 6.07 Å². The quantitative estimate of drug-likeness (QED) is 0.534. The number of aryl methyl sites for hydroxylation is 3. The largest absolute Gasteiger partial charge is 0.322 e. The van der Waals surface area contributed by atoms with Gasteiger partial charge >= 0.3 is 0 Å². The maximum Gasteiger partial charge on any atom is 0.276 e. The fourth-order valence-electron chi connectivity index (χ4n) is 2.89. The SMILES string of the molecule is Cc1ccc(C(=O)Nc2ccc3scnc3c2)cc1NC(=O)c1cc(C)n(C)n1. The number of fused-ring (bicyclic) bond motifs is 1. The third-order valence-electron chi connectivity index (χ3n) is 4.68. The van der Waals surface area contributed by atoms with Crippen LogP contribution in [0.4, 0.5) is 11.4 Å². The van der Waals surface area contributed by atoms with Crippen LogP contribution in [0.25, 0.3) is 10.2 Å². The summed E-state index contributed by atoms with van der Waals surface area (Å²) in [7, 11) is 1.78. The van der Waals surface area contributed by atoms with Crippen molar-refractivity contribution in [2.75, 3.05) is 10.6 Å². The molecule has 8 heteroatoms. The van der Waals surface area contributed by atoms with Crippen LogP contribution in [0.3, 0.4) is 0 Å². The van der Waals surface area contributed by atoms with Crippen molar-refractivity contribution in [3.63, 3.8) is 0 Å². The highest BCUT2D eigenvalue weighted by atomic mass is 32.1. The minimum absolute atomic E-state index is 0.260. The van der Waals surface area contributed by atoms with Crippen molar-refractivity contribution in [1.29, 1.82) is 0 Å². The molecule has 29 heavy (non-hydrogen) atoms. The van der Waals surface area contributed by atoms with Gasteiger partial charge in [0.15, 0.2) is 5.69 Å². The zero-order chi connectivity index (χ0) is 20.5. The Balaban J connectivity index is 1.53. The number of amides is 2. The molecule has 0 atom stereocenters. The van der Waals surface area contributed by atoms with Crippen LogP contribution in [0.2, 0.25) is 0 Å². The topological polar surface area (TPSA) is 88.9 Å². The Kier molecular flexibility index (Phi) is 4.85. The van der Waals surface area contributed by atoms with Crippen LogP contribution in [0.15, 0.2) is 48.0 Å². The third kappa shape index (κ3) is 3.88. The number of benzene rings is 2. The maximum absolute atomic E-state index is 12.7. The molecule has 0 aliphatic carbocycles. The van der Waals surface area contributed by atoms with Crippen LogP contribution >= 0.6 is 11.3 Å². The van der Waals surface area contributed by atoms with Gasteiger partial charge in [-0.3, -0.25) is 14.3 Å². The van der Waals surface area contributed by atoms with Gasteiger partial charge in [-0.15, -0.1) is 11.3 Å². The lowest BCUT2D eigenvalue weighted by Gasteiger charge is -2.10. The zero-order valence-electron chi connectivity index (χ0n) is 16.2. The van der Waals surface area contributed by atoms with Gasteiger partial charge in [-0.25, -0.2) is 4.98 Å². The molecule has 0 saturated carbocycles. The molecule has 7 nitrogen and oxygen atoms in total. The van der Waals surface area contributed by atoms with E-state index in [4.69, 9.17) is 0 Å². The molecule has 0 saturated heterocycles. The van der Waals surface area contributed by atoms with Gasteiger partial charge in [0, 0.05) is 29.7 Å². The molecule has 0 aliphatic heterocycles. The first-order valence-corrected chi connectivity index (χ1v) is 9.86. The summed E-state index contributed by atoms with van der Waals surface area (Å²) in [6.45, 7) is 3.75. The molecule has 0 radical (unpaired) electrons. The Bertz CT molecular complexity index is 1220. The monoisotopic (exact) mass is 405 g/mol. The molecular weight excluding hydrogens is 386 g/mol. The van der Waals surface area contributed by atoms with Gasteiger partial charge in [0.1, 0.15) is 0 Å². The van der Waals surface area contributed by atoms with Crippen LogP contribution < -0.4 is 10.6 Å². The summed E-state index contributed by atoms with van der Waals surface area (Å²) in [5, 5.41) is 9.91. The smallest absolute Gasteiger partial charge is 0.276 e. The number of nitrogens with zero attached hydrogens (tertiary/aromatic N) is 3. The normalized spacial score (nSPS) is 10.9. The van der Waals surface area contributed by atoms with Crippen molar-refractivity contribution in [2.24, 2.45) is 7.05 Å². The molecule has 2 N–H and O–H groups in total. The first-order chi connectivity index (χ1) is 13.9. The van der Waals surface area contributed by atoms with E-state index in [1.807, 2.05) is 32.0 Å². The molecule has 0 spiro atoms. The molecule has 0 aliphatic rings. The summed E-state index contributed by atoms with van der Waals surface area (Å²) in [4.78, 5) is 29.5. The molecule has 0 fully saturated rings. The van der Waals surface area contributed by atoms with Gasteiger partial charge in [0.2, 0.25) is 0 Å². The first kappa shape index (κ1) is 18.8. The van der Waals surface area contributed by atoms with Crippen molar-refractivity contribution < 1.29 is 9.59 Å². The van der Waals surface area contributed by atoms with Crippen molar-refractivity contribution in [3.05, 3.63) is 70.5 Å². The fraction of sp³-hybridized carbons (Fsp3) is 0.143. The van der Waals surface area contributed by atoms with Crippen LogP contribution in [0.1, 0.15) is 32.1 Å². The molecule has 146 valence electrons. The van der Waals surface area contributed by atoms with E-state index in [0.717, 1.165) is 21.5 Å². The van der Waals surface area contributed by atoms with E-state index in [1.54, 1.807) is 52.8 Å². The zero-order valence-corrected chi connectivity index (χ0v) is 17.0. The van der Waals surface area contributed by atoms with Crippen LogP contribution in [0.5, 0.6) is 0 Å². The Hall–Kier alpha value is -3.52. The Morgan fingerprint density at radius 2 is 1.83 bits per heavy atom. The molecule has 2 aromatic carbocycles. The average molecular weight is 405 g/mol. The van der Waals surface area contributed by atoms with Gasteiger partial charge in [0.05, 0.1) is 15.7 Å². The minimum atomic E-state index is -0.316. The van der Waals surface area contributed by atoms with E-state index >= 15 is 0 Å². The van der Waals surface area contributed by atoms with Gasteiger partial charge < -0.3 is 10.6 Å². The highest BCUT2D eigenvalue weighted by Gasteiger charge is 2.14. The predicted octanol–water partition coefficient (Wildman–Crippen LogP) is 4.15. The number of rotatable bonds is 4. The highest BCUT2D eigenvalue weighted by molar-refractivity contribution is 7.16. The summed E-state index contributed by atoms with van der Waals surface area (Å²) in [6, 6.07) is 12.5. The van der Waals surface area contributed by atoms with Crippen molar-refractivity contribution in [1.82, 2.24) is 14.8 Å². The average Bonchev–Trinajstić information content (AvgIpc) is 3.29. The number of thiazole rings is 1. The summed E-state index contributed by atoms with van der Waals surface area (Å²) in [6.07, 6.45) is 0. The van der Waals surface area contributed by atoms with E-state index in [9.17, 15) is 9.59 Å². The second-order valence-electron chi connectivity index (χ2n) is 6.77. The van der Waals surface area contributed by atoms with Crippen LogP contribution in [-0.4, -0.2) is 26.6 Å². The molecule has 0 bridgehead atoms. The lowest BCUT2D eigenvalue weighted by Crippen LogP contribution is -2.16. The van der Waals surface area contributed by atoms with Gasteiger partial charge in [-0.2, -0.15) is 5.10 Å². The van der Waals surface area contributed by atoms with E-state index in [2.05, 4.69) is 20.7 Å². The number of hydrogen-bond donors (Lipinski definition) is 2. The molecule has 2 heterocycles. The van der Waals surface area contributed by atoms with Gasteiger partial charge in [-0.05, 0) is 55.8 Å². The summed E-state index contributed by atoms with van der Waals surface area (Å²) >= 11 is 1.55. The number of hydrogen-bond acceptors (Lipinski definition) is 5. The molecule has 2 amide bonds. The molecule has 4 aromatic rings. The highest BCUT2D eigenvalue weighted by Crippen LogP contribution is 2.23. The van der Waals surface area contributed by atoms with Crippen LogP contribution in [0, 0.1) is 13.8 Å². The van der Waals surface area contributed by atoms with E-state index in [0.29, 0.717) is 22.6 Å². The summed E-state index contributed by atoms with van der Waals surface area (Å²) < 4.78 is 2.71. The number of carbonyl (C=O) groups is 2. The molecule has 4 rings (SSSR count). The number of nitrogens with one attached hydrogen (secondary N) is 2. The molecule has 0 unspecified atom stereocenters. The summed E-state index contributed by atoms with van der Waals surface area (Å²) in [5.74, 6) is -0.577. The van der Waals surface area contributed by atoms with Crippen molar-refractivity contribution in [2.45, 2.75) is 13.8 Å². The first-order valence-electron chi connectivity index (χ1n) is 8.98. The van der Waals surface area contributed by atoms with E-state index in [-0.39, 0.29) is 11.8 Å². The third-order valence-corrected chi connectivity index (χ3v) is 5.49. The second kappa shape index (κ2) is 7.48. The van der Waals surface area contributed by atoms with E-state index in [1.165, 1.54) is 0 Å². The maximum atomic E-state index is 12.7. The van der Waals surface area contributed by atoms with Crippen molar-refractivity contribution >= 4 is 44.7 Å². The van der Waals surface area contributed by atoms with Crippen molar-refractivity contribution in [3.8, 4) is 0 Å². The standard InChI is InChI=1S/C21H19N5O2S/c1-12-4-5-14(9-16(12)24-21(28)18-8-13(2)26(3)25-18)20(27)23-15-6-7-19-17(10-15)22-11-29-19/h4-11H,1-3H3,(H,23,27)(H,24,28). The predicted molar refractivity (Wildman–Crippen MR) is 115 cm³/mol.